The second-order valence-electron chi connectivity index (χ2n) is 4.07. The van der Waals surface area contributed by atoms with Crippen LogP contribution in [0.4, 0.5) is 0 Å². The summed E-state index contributed by atoms with van der Waals surface area (Å²) in [6, 6.07) is 6.50. The summed E-state index contributed by atoms with van der Waals surface area (Å²) in [7, 11) is 0. The van der Waals surface area contributed by atoms with Crippen LogP contribution in [0.15, 0.2) is 30.3 Å². The lowest BCUT2D eigenvalue weighted by Gasteiger charge is -2.02. The number of aromatic hydroxyl groups is 1. The van der Waals surface area contributed by atoms with Crippen LogP contribution in [0, 0.1) is 0 Å². The molecule has 92 valence electrons. The molecular weight excluding hydrogens is 214 g/mol. The van der Waals surface area contributed by atoms with Gasteiger partial charge in [0, 0.05) is 18.2 Å². The number of allylic oxidation sites excluding steroid dienone is 1. The van der Waals surface area contributed by atoms with Crippen LogP contribution in [0.25, 0.3) is 5.70 Å². The van der Waals surface area contributed by atoms with Crippen molar-refractivity contribution in [2.75, 3.05) is 0 Å². The molecule has 0 spiro atoms. The fraction of sp³-hybridized carbons (Fsp3) is 0.357. The number of phenols is 1. The molecular formula is C14H19NO2. The lowest BCUT2D eigenvalue weighted by molar-refractivity contribution is -0.114. The van der Waals surface area contributed by atoms with E-state index >= 15 is 0 Å². The zero-order chi connectivity index (χ0) is 12.7. The highest BCUT2D eigenvalue weighted by Crippen LogP contribution is 2.14. The van der Waals surface area contributed by atoms with Gasteiger partial charge in [-0.05, 0) is 36.2 Å². The zero-order valence-electron chi connectivity index (χ0n) is 10.1. The smallest absolute Gasteiger partial charge is 0.157 e. The Balaban J connectivity index is 2.59. The van der Waals surface area contributed by atoms with Crippen molar-refractivity contribution >= 4 is 11.5 Å². The first-order valence-corrected chi connectivity index (χ1v) is 5.93. The highest BCUT2D eigenvalue weighted by atomic mass is 16.3. The van der Waals surface area contributed by atoms with Gasteiger partial charge in [-0.25, -0.2) is 0 Å². The molecule has 1 rings (SSSR count). The molecule has 1 aromatic rings. The molecule has 0 saturated carbocycles. The summed E-state index contributed by atoms with van der Waals surface area (Å²) < 4.78 is 0. The average molecular weight is 233 g/mol. The predicted octanol–water partition coefficient (Wildman–Crippen LogP) is 2.84. The maximum atomic E-state index is 11.6. The largest absolute Gasteiger partial charge is 0.508 e. The molecule has 0 aliphatic rings. The molecule has 0 radical (unpaired) electrons. The van der Waals surface area contributed by atoms with Gasteiger partial charge in [-0.1, -0.05) is 19.8 Å². The molecule has 3 N–H and O–H groups in total. The van der Waals surface area contributed by atoms with Crippen molar-refractivity contribution in [3.8, 4) is 5.75 Å². The molecule has 0 fully saturated rings. The van der Waals surface area contributed by atoms with Crippen LogP contribution in [-0.2, 0) is 4.79 Å². The van der Waals surface area contributed by atoms with E-state index in [1.165, 1.54) is 6.08 Å². The quantitative estimate of drug-likeness (QED) is 0.586. The van der Waals surface area contributed by atoms with Crippen molar-refractivity contribution in [2.24, 2.45) is 5.73 Å². The van der Waals surface area contributed by atoms with Gasteiger partial charge in [-0.15, -0.1) is 0 Å². The number of unbranched alkanes of at least 4 members (excludes halogenated alkanes) is 2. The van der Waals surface area contributed by atoms with E-state index < -0.39 is 0 Å². The summed E-state index contributed by atoms with van der Waals surface area (Å²) in [5.41, 5.74) is 7.02. The molecule has 0 saturated heterocycles. The molecule has 0 aliphatic heterocycles. The molecule has 0 amide bonds. The van der Waals surface area contributed by atoms with Gasteiger partial charge in [-0.2, -0.15) is 0 Å². The maximum absolute atomic E-state index is 11.6. The van der Waals surface area contributed by atoms with Gasteiger partial charge >= 0.3 is 0 Å². The normalized spacial score (nSPS) is 11.5. The Labute approximate surface area is 102 Å². The average Bonchev–Trinajstić information content (AvgIpc) is 2.30. The molecule has 3 heteroatoms. The van der Waals surface area contributed by atoms with E-state index in [-0.39, 0.29) is 11.5 Å². The maximum Gasteiger partial charge on any atom is 0.157 e. The van der Waals surface area contributed by atoms with Crippen LogP contribution in [0.3, 0.4) is 0 Å². The van der Waals surface area contributed by atoms with Gasteiger partial charge in [0.2, 0.25) is 0 Å². The van der Waals surface area contributed by atoms with Crippen molar-refractivity contribution < 1.29 is 9.90 Å². The second kappa shape index (κ2) is 6.74. The molecule has 0 heterocycles. The van der Waals surface area contributed by atoms with E-state index in [2.05, 4.69) is 6.92 Å². The number of hydrogen-bond donors (Lipinski definition) is 2. The number of ketones is 1. The molecule has 0 unspecified atom stereocenters. The van der Waals surface area contributed by atoms with Crippen molar-refractivity contribution in [3.63, 3.8) is 0 Å². The van der Waals surface area contributed by atoms with Gasteiger partial charge in [-0.3, -0.25) is 4.79 Å². The third kappa shape index (κ3) is 4.72. The summed E-state index contributed by atoms with van der Waals surface area (Å²) in [6.07, 6.45) is 5.10. The van der Waals surface area contributed by atoms with Crippen LogP contribution in [0.2, 0.25) is 0 Å². The number of carbonyl (C=O) groups excluding carboxylic acids is 1. The van der Waals surface area contributed by atoms with Crippen LogP contribution in [0.5, 0.6) is 5.75 Å². The third-order valence-electron chi connectivity index (χ3n) is 2.54. The van der Waals surface area contributed by atoms with Crippen LogP contribution in [-0.4, -0.2) is 10.9 Å². The van der Waals surface area contributed by atoms with Gasteiger partial charge in [0.15, 0.2) is 5.78 Å². The van der Waals surface area contributed by atoms with Gasteiger partial charge < -0.3 is 10.8 Å². The number of nitrogens with two attached hydrogens (primary N) is 1. The van der Waals surface area contributed by atoms with E-state index in [4.69, 9.17) is 10.8 Å². The van der Waals surface area contributed by atoms with Crippen LogP contribution < -0.4 is 5.73 Å². The van der Waals surface area contributed by atoms with Gasteiger partial charge in [0.25, 0.3) is 0 Å². The lowest BCUT2D eigenvalue weighted by atomic mass is 10.1. The number of carbonyl (C=O) groups is 1. The summed E-state index contributed by atoms with van der Waals surface area (Å²) in [5.74, 6) is 0.250. The molecule has 3 nitrogen and oxygen atoms in total. The number of benzene rings is 1. The highest BCUT2D eigenvalue weighted by molar-refractivity contribution is 5.96. The van der Waals surface area contributed by atoms with Crippen molar-refractivity contribution in [3.05, 3.63) is 35.9 Å². The van der Waals surface area contributed by atoms with Crippen LogP contribution in [0.1, 0.15) is 38.2 Å². The van der Waals surface area contributed by atoms with Gasteiger partial charge in [0.05, 0.1) is 0 Å². The van der Waals surface area contributed by atoms with E-state index in [1.807, 2.05) is 0 Å². The minimum Gasteiger partial charge on any atom is -0.508 e. The van der Waals surface area contributed by atoms with Crippen molar-refractivity contribution in [2.45, 2.75) is 32.6 Å². The van der Waals surface area contributed by atoms with Crippen LogP contribution >= 0.6 is 0 Å². The standard InChI is InChI=1S/C14H19NO2/c1-2-3-4-5-13(17)10-14(15)11-6-8-12(16)9-7-11/h6-10,16H,2-5,15H2,1H3/b14-10-. The predicted molar refractivity (Wildman–Crippen MR) is 69.4 cm³/mol. The van der Waals surface area contributed by atoms with E-state index in [1.54, 1.807) is 24.3 Å². The minimum absolute atomic E-state index is 0.0593. The van der Waals surface area contributed by atoms with Gasteiger partial charge in [0.1, 0.15) is 5.75 Å². The second-order valence-corrected chi connectivity index (χ2v) is 4.07. The topological polar surface area (TPSA) is 63.3 Å². The molecule has 1 aromatic carbocycles. The van der Waals surface area contributed by atoms with Crippen molar-refractivity contribution in [1.29, 1.82) is 0 Å². The lowest BCUT2D eigenvalue weighted by Crippen LogP contribution is -2.01. The fourth-order valence-corrected chi connectivity index (χ4v) is 1.53. The zero-order valence-corrected chi connectivity index (χ0v) is 10.1. The summed E-state index contributed by atoms with van der Waals surface area (Å²) in [4.78, 5) is 11.6. The number of hydrogen-bond acceptors (Lipinski definition) is 3. The minimum atomic E-state index is 0.0593. The first kappa shape index (κ1) is 13.3. The Hall–Kier alpha value is -1.77. The Morgan fingerprint density at radius 1 is 1.29 bits per heavy atom. The van der Waals surface area contributed by atoms with E-state index in [0.29, 0.717) is 12.1 Å². The Bertz CT molecular complexity index is 393. The fourth-order valence-electron chi connectivity index (χ4n) is 1.53. The van der Waals surface area contributed by atoms with E-state index in [0.717, 1.165) is 24.8 Å². The monoisotopic (exact) mass is 233 g/mol. The summed E-state index contributed by atoms with van der Waals surface area (Å²) in [6.45, 7) is 2.10. The molecule has 0 bridgehead atoms. The first-order chi connectivity index (χ1) is 8.13. The van der Waals surface area contributed by atoms with E-state index in [9.17, 15) is 4.79 Å². The third-order valence-corrected chi connectivity index (χ3v) is 2.54. The number of rotatable bonds is 6. The SMILES string of the molecule is CCCCCC(=O)/C=C(\N)c1ccc(O)cc1. The van der Waals surface area contributed by atoms with Crippen molar-refractivity contribution in [1.82, 2.24) is 0 Å². The number of phenolic OH excluding ortho intramolecular Hbond substituents is 1. The molecule has 17 heavy (non-hydrogen) atoms. The first-order valence-electron chi connectivity index (χ1n) is 5.93. The summed E-state index contributed by atoms with van der Waals surface area (Å²) in [5, 5.41) is 9.14. The highest BCUT2D eigenvalue weighted by Gasteiger charge is 2.01. The Morgan fingerprint density at radius 2 is 1.94 bits per heavy atom. The molecule has 0 aromatic heterocycles. The summed E-state index contributed by atoms with van der Waals surface area (Å²) >= 11 is 0. The molecule has 0 aliphatic carbocycles. The Morgan fingerprint density at radius 3 is 2.53 bits per heavy atom. The molecule has 0 atom stereocenters. The Kier molecular flexibility index (Phi) is 5.27.